The predicted octanol–water partition coefficient (Wildman–Crippen LogP) is 4.21. The van der Waals surface area contributed by atoms with Crippen molar-refractivity contribution in [1.82, 2.24) is 15.2 Å². The van der Waals surface area contributed by atoms with Crippen molar-refractivity contribution in [3.05, 3.63) is 66.6 Å². The summed E-state index contributed by atoms with van der Waals surface area (Å²) in [5.74, 6) is 0.261. The number of amides is 1. The molecule has 4 rings (SSSR count). The molecular weight excluding hydrogens is 420 g/mol. The SMILES string of the molecule is O=C(CCSc1nnc(-c2ccco2)c(-c2ccco2)n1)Nc1ccc(C(=O)O)cc1. The molecule has 0 aliphatic rings. The second-order valence-electron chi connectivity index (χ2n) is 6.28. The van der Waals surface area contributed by atoms with Crippen molar-refractivity contribution in [2.45, 2.75) is 11.6 Å². The summed E-state index contributed by atoms with van der Waals surface area (Å²) in [6.07, 6.45) is 3.30. The fourth-order valence-electron chi connectivity index (χ4n) is 2.69. The molecule has 1 amide bonds. The molecule has 0 radical (unpaired) electrons. The summed E-state index contributed by atoms with van der Waals surface area (Å²) in [6, 6.07) is 13.0. The standard InChI is InChI=1S/C21H16N4O5S/c26-17(22-14-7-5-13(6-8-14)20(27)28)9-12-31-21-23-18(15-3-1-10-29-15)19(24-25-21)16-4-2-11-30-16/h1-8,10-11H,9,12H2,(H,22,26)(H,27,28). The number of benzene rings is 1. The van der Waals surface area contributed by atoms with E-state index in [0.717, 1.165) is 0 Å². The summed E-state index contributed by atoms with van der Waals surface area (Å²) in [6.45, 7) is 0. The number of nitrogens with one attached hydrogen (secondary N) is 1. The Hall–Kier alpha value is -3.92. The highest BCUT2D eigenvalue weighted by atomic mass is 32.2. The van der Waals surface area contributed by atoms with Crippen molar-refractivity contribution in [1.29, 1.82) is 0 Å². The van der Waals surface area contributed by atoms with Gasteiger partial charge >= 0.3 is 5.97 Å². The molecule has 0 fully saturated rings. The molecule has 0 atom stereocenters. The number of carbonyl (C=O) groups is 2. The Balaban J connectivity index is 1.39. The zero-order valence-corrected chi connectivity index (χ0v) is 16.8. The summed E-state index contributed by atoms with van der Waals surface area (Å²) in [7, 11) is 0. The largest absolute Gasteiger partial charge is 0.478 e. The normalized spacial score (nSPS) is 10.7. The summed E-state index contributed by atoms with van der Waals surface area (Å²) in [4.78, 5) is 27.6. The Kier molecular flexibility index (Phi) is 6.08. The van der Waals surface area contributed by atoms with Crippen molar-refractivity contribution in [2.75, 3.05) is 11.1 Å². The predicted molar refractivity (Wildman–Crippen MR) is 113 cm³/mol. The third kappa shape index (κ3) is 4.98. The van der Waals surface area contributed by atoms with Gasteiger partial charge in [-0.3, -0.25) is 4.79 Å². The molecule has 0 saturated carbocycles. The van der Waals surface area contributed by atoms with E-state index in [-0.39, 0.29) is 17.9 Å². The van der Waals surface area contributed by atoms with Crippen LogP contribution in [0.15, 0.2) is 75.0 Å². The van der Waals surface area contributed by atoms with E-state index in [1.165, 1.54) is 23.9 Å². The van der Waals surface area contributed by atoms with Crippen molar-refractivity contribution < 1.29 is 23.5 Å². The van der Waals surface area contributed by atoms with Gasteiger partial charge in [0.1, 0.15) is 5.69 Å². The number of hydrogen-bond acceptors (Lipinski definition) is 8. The van der Waals surface area contributed by atoms with E-state index in [0.29, 0.717) is 39.5 Å². The third-order valence-electron chi connectivity index (χ3n) is 4.15. The number of aromatic carboxylic acids is 1. The highest BCUT2D eigenvalue weighted by Gasteiger charge is 2.18. The zero-order chi connectivity index (χ0) is 21.6. The van der Waals surface area contributed by atoms with Gasteiger partial charge in [0, 0.05) is 17.9 Å². The number of nitrogens with zero attached hydrogens (tertiary/aromatic N) is 3. The van der Waals surface area contributed by atoms with Gasteiger partial charge in [-0.25, -0.2) is 9.78 Å². The molecule has 3 aromatic heterocycles. The highest BCUT2D eigenvalue weighted by Crippen LogP contribution is 2.30. The first-order chi connectivity index (χ1) is 15.1. The quantitative estimate of drug-likeness (QED) is 0.390. The lowest BCUT2D eigenvalue weighted by atomic mass is 10.2. The molecule has 31 heavy (non-hydrogen) atoms. The summed E-state index contributed by atoms with van der Waals surface area (Å²) >= 11 is 1.29. The number of hydrogen-bond donors (Lipinski definition) is 2. The zero-order valence-electron chi connectivity index (χ0n) is 16.0. The highest BCUT2D eigenvalue weighted by molar-refractivity contribution is 7.99. The Morgan fingerprint density at radius 2 is 1.61 bits per heavy atom. The van der Waals surface area contributed by atoms with Crippen LogP contribution in [0.25, 0.3) is 22.9 Å². The van der Waals surface area contributed by atoms with Crippen LogP contribution in [0.3, 0.4) is 0 Å². The smallest absolute Gasteiger partial charge is 0.335 e. The van der Waals surface area contributed by atoms with Gasteiger partial charge in [0.2, 0.25) is 11.1 Å². The number of carbonyl (C=O) groups excluding carboxylic acids is 1. The summed E-state index contributed by atoms with van der Waals surface area (Å²) < 4.78 is 10.9. The van der Waals surface area contributed by atoms with E-state index in [2.05, 4.69) is 20.5 Å². The lowest BCUT2D eigenvalue weighted by Gasteiger charge is -2.06. The second-order valence-corrected chi connectivity index (χ2v) is 7.34. The van der Waals surface area contributed by atoms with Crippen LogP contribution in [0.5, 0.6) is 0 Å². The van der Waals surface area contributed by atoms with Gasteiger partial charge in [0.15, 0.2) is 17.2 Å². The molecule has 156 valence electrons. The van der Waals surface area contributed by atoms with Crippen LogP contribution >= 0.6 is 11.8 Å². The van der Waals surface area contributed by atoms with Gasteiger partial charge in [-0.15, -0.1) is 10.2 Å². The average Bonchev–Trinajstić information content (AvgIpc) is 3.48. The van der Waals surface area contributed by atoms with Gasteiger partial charge in [-0.05, 0) is 48.5 Å². The molecule has 9 nitrogen and oxygen atoms in total. The molecule has 0 bridgehead atoms. The van der Waals surface area contributed by atoms with Crippen LogP contribution in [-0.4, -0.2) is 37.9 Å². The summed E-state index contributed by atoms with van der Waals surface area (Å²) in [5, 5.41) is 20.4. The maximum atomic E-state index is 12.2. The van der Waals surface area contributed by atoms with E-state index < -0.39 is 5.97 Å². The van der Waals surface area contributed by atoms with Crippen LogP contribution in [-0.2, 0) is 4.79 Å². The Bertz CT molecular complexity index is 1180. The molecule has 1 aromatic carbocycles. The molecule has 10 heteroatoms. The van der Waals surface area contributed by atoms with Crippen LogP contribution in [0.2, 0.25) is 0 Å². The number of thioether (sulfide) groups is 1. The maximum Gasteiger partial charge on any atom is 0.335 e. The molecule has 2 N–H and O–H groups in total. The van der Waals surface area contributed by atoms with E-state index in [4.69, 9.17) is 13.9 Å². The van der Waals surface area contributed by atoms with Gasteiger partial charge in [-0.2, -0.15) is 0 Å². The third-order valence-corrected chi connectivity index (χ3v) is 4.99. The second kappa shape index (κ2) is 9.26. The minimum atomic E-state index is -1.02. The number of furan rings is 2. The fourth-order valence-corrected chi connectivity index (χ4v) is 3.42. The number of carboxylic acids is 1. The molecule has 0 aliphatic carbocycles. The van der Waals surface area contributed by atoms with Crippen LogP contribution in [0, 0.1) is 0 Å². The fraction of sp³-hybridized carbons (Fsp3) is 0.0952. The van der Waals surface area contributed by atoms with Crippen LogP contribution < -0.4 is 5.32 Å². The van der Waals surface area contributed by atoms with Crippen LogP contribution in [0.1, 0.15) is 16.8 Å². The number of anilines is 1. The molecule has 0 unspecified atom stereocenters. The minimum Gasteiger partial charge on any atom is -0.478 e. The van der Waals surface area contributed by atoms with Gasteiger partial charge < -0.3 is 19.3 Å². The topological polar surface area (TPSA) is 131 Å². The monoisotopic (exact) mass is 436 g/mol. The van der Waals surface area contributed by atoms with Gasteiger partial charge in [0.25, 0.3) is 0 Å². The number of aromatic nitrogens is 3. The van der Waals surface area contributed by atoms with Crippen molar-refractivity contribution in [2.24, 2.45) is 0 Å². The minimum absolute atomic E-state index is 0.156. The molecule has 0 spiro atoms. The number of carboxylic acid groups (broad SMARTS) is 1. The molecule has 3 heterocycles. The van der Waals surface area contributed by atoms with Crippen molar-refractivity contribution in [3.63, 3.8) is 0 Å². The molecule has 0 saturated heterocycles. The van der Waals surface area contributed by atoms with E-state index in [1.807, 2.05) is 0 Å². The van der Waals surface area contributed by atoms with E-state index in [1.54, 1.807) is 48.9 Å². The van der Waals surface area contributed by atoms with Gasteiger partial charge in [-0.1, -0.05) is 11.8 Å². The lowest BCUT2D eigenvalue weighted by molar-refractivity contribution is -0.115. The number of rotatable bonds is 8. The average molecular weight is 436 g/mol. The van der Waals surface area contributed by atoms with Crippen LogP contribution in [0.4, 0.5) is 5.69 Å². The first-order valence-corrected chi connectivity index (χ1v) is 10.2. The Labute approximate surface area is 180 Å². The van der Waals surface area contributed by atoms with Crippen molar-refractivity contribution >= 4 is 29.3 Å². The molecule has 4 aromatic rings. The van der Waals surface area contributed by atoms with Crippen molar-refractivity contribution in [3.8, 4) is 22.9 Å². The first kappa shape index (κ1) is 20.4. The van der Waals surface area contributed by atoms with E-state index >= 15 is 0 Å². The first-order valence-electron chi connectivity index (χ1n) is 9.18. The summed E-state index contributed by atoms with van der Waals surface area (Å²) in [5.41, 5.74) is 1.65. The van der Waals surface area contributed by atoms with E-state index in [9.17, 15) is 9.59 Å². The molecular formula is C21H16N4O5S. The Morgan fingerprint density at radius 1 is 0.935 bits per heavy atom. The lowest BCUT2D eigenvalue weighted by Crippen LogP contribution is -2.12. The Morgan fingerprint density at radius 3 is 2.23 bits per heavy atom. The van der Waals surface area contributed by atoms with Gasteiger partial charge in [0.05, 0.1) is 18.1 Å². The maximum absolute atomic E-state index is 12.2. The molecule has 0 aliphatic heterocycles.